The van der Waals surface area contributed by atoms with Crippen LogP contribution in [0.5, 0.6) is 0 Å². The lowest BCUT2D eigenvalue weighted by atomic mass is 10.1. The van der Waals surface area contributed by atoms with Crippen LogP contribution >= 0.6 is 47.0 Å². The minimum atomic E-state index is 0.973. The number of hydrogen-bond donors (Lipinski definition) is 0. The number of nitrogens with zero attached hydrogens (tertiary/aromatic N) is 6. The molecule has 0 aliphatic rings. The maximum absolute atomic E-state index is 4.47. The third kappa shape index (κ3) is 7.83. The van der Waals surface area contributed by atoms with Gasteiger partial charge < -0.3 is 0 Å². The van der Waals surface area contributed by atoms with Gasteiger partial charge in [0.1, 0.15) is 21.4 Å². The molecule has 0 aromatic carbocycles. The Kier molecular flexibility index (Phi) is 10.8. The molecule has 4 aromatic heterocycles. The summed E-state index contributed by atoms with van der Waals surface area (Å²) in [7, 11) is 0. The molecule has 0 unspecified atom stereocenters. The normalized spacial score (nSPS) is 11.2. The number of hydrogen-bond acceptors (Lipinski definition) is 10. The highest BCUT2D eigenvalue weighted by Crippen LogP contribution is 2.31. The average Bonchev–Trinajstić information content (AvgIpc) is 3.55. The summed E-state index contributed by atoms with van der Waals surface area (Å²) >= 11 is 6.21. The zero-order valence-corrected chi connectivity index (χ0v) is 22.3. The van der Waals surface area contributed by atoms with Gasteiger partial charge in [0.05, 0.1) is 23.5 Å². The molecule has 6 nitrogen and oxygen atoms in total. The minimum absolute atomic E-state index is 0.973. The van der Waals surface area contributed by atoms with Gasteiger partial charge >= 0.3 is 0 Å². The van der Waals surface area contributed by atoms with Gasteiger partial charge in [-0.05, 0) is 48.6 Å². The zero-order valence-electron chi connectivity index (χ0n) is 19.0. The fourth-order valence-corrected chi connectivity index (χ4v) is 6.88. The molecule has 0 bridgehead atoms. The van der Waals surface area contributed by atoms with Crippen LogP contribution in [-0.4, -0.2) is 39.0 Å². The standard InChI is InChI=1S/C24H28N6S4/c1(3-5-7-15-31-23-21(27-33-29-23)19-11-9-13-25-17-19)2-4-6-8-16-32-24-22(28-34-30-24)20-12-10-14-26-18-20/h9-14,17-18H,1-8,15-16H2. The second-order valence-electron chi connectivity index (χ2n) is 7.84. The van der Waals surface area contributed by atoms with E-state index in [0.29, 0.717) is 0 Å². The smallest absolute Gasteiger partial charge is 0.138 e. The van der Waals surface area contributed by atoms with Crippen LogP contribution in [0.25, 0.3) is 22.5 Å². The molecule has 34 heavy (non-hydrogen) atoms. The molecular formula is C24H28N6S4. The summed E-state index contributed by atoms with van der Waals surface area (Å²) in [6.45, 7) is 0. The first-order chi connectivity index (χ1) is 16.9. The third-order valence-corrected chi connectivity index (χ3v) is 8.69. The number of pyridine rings is 2. The summed E-state index contributed by atoms with van der Waals surface area (Å²) in [4.78, 5) is 8.38. The van der Waals surface area contributed by atoms with Crippen LogP contribution in [0.15, 0.2) is 59.1 Å². The van der Waals surface area contributed by atoms with Crippen molar-refractivity contribution in [2.75, 3.05) is 11.5 Å². The van der Waals surface area contributed by atoms with Gasteiger partial charge in [-0.25, -0.2) is 0 Å². The molecule has 4 heterocycles. The van der Waals surface area contributed by atoms with Crippen molar-refractivity contribution in [1.29, 1.82) is 0 Å². The van der Waals surface area contributed by atoms with E-state index in [2.05, 4.69) is 27.5 Å². The second-order valence-corrected chi connectivity index (χ2v) is 11.1. The first-order valence-electron chi connectivity index (χ1n) is 11.6. The third-order valence-electron chi connectivity index (χ3n) is 5.30. The van der Waals surface area contributed by atoms with Crippen LogP contribution in [0.2, 0.25) is 0 Å². The van der Waals surface area contributed by atoms with Crippen LogP contribution in [0, 0.1) is 0 Å². The van der Waals surface area contributed by atoms with Crippen molar-refractivity contribution in [3.63, 3.8) is 0 Å². The molecule has 4 aromatic rings. The summed E-state index contributed by atoms with van der Waals surface area (Å²) < 4.78 is 17.8. The van der Waals surface area contributed by atoms with Crippen molar-refractivity contribution < 1.29 is 0 Å². The topological polar surface area (TPSA) is 77.3 Å². The van der Waals surface area contributed by atoms with Crippen molar-refractivity contribution in [1.82, 2.24) is 27.5 Å². The summed E-state index contributed by atoms with van der Waals surface area (Å²) in [5, 5.41) is 2.08. The molecule has 0 N–H and O–H groups in total. The van der Waals surface area contributed by atoms with E-state index in [1.807, 2.05) is 60.2 Å². The van der Waals surface area contributed by atoms with Crippen LogP contribution in [-0.2, 0) is 0 Å². The predicted molar refractivity (Wildman–Crippen MR) is 145 cm³/mol. The molecule has 0 saturated carbocycles. The van der Waals surface area contributed by atoms with Gasteiger partial charge in [0, 0.05) is 35.9 Å². The highest BCUT2D eigenvalue weighted by Gasteiger charge is 2.12. The Hall–Kier alpha value is -1.88. The van der Waals surface area contributed by atoms with Gasteiger partial charge in [0.15, 0.2) is 0 Å². The lowest BCUT2D eigenvalue weighted by Gasteiger charge is -2.04. The Labute approximate surface area is 218 Å². The van der Waals surface area contributed by atoms with E-state index in [0.717, 1.165) is 44.1 Å². The Morgan fingerprint density at radius 3 is 1.41 bits per heavy atom. The monoisotopic (exact) mass is 528 g/mol. The molecule has 0 atom stereocenters. The minimum Gasteiger partial charge on any atom is -0.264 e. The lowest BCUT2D eigenvalue weighted by molar-refractivity contribution is 0.587. The van der Waals surface area contributed by atoms with Gasteiger partial charge in [-0.2, -0.15) is 17.5 Å². The van der Waals surface area contributed by atoms with E-state index in [1.54, 1.807) is 12.4 Å². The number of aromatic nitrogens is 6. The molecule has 10 heteroatoms. The van der Waals surface area contributed by atoms with E-state index in [4.69, 9.17) is 0 Å². The molecule has 0 saturated heterocycles. The largest absolute Gasteiger partial charge is 0.264 e. The summed E-state index contributed by atoms with van der Waals surface area (Å²) in [6, 6.07) is 7.98. The van der Waals surface area contributed by atoms with Crippen LogP contribution in [0.1, 0.15) is 51.4 Å². The quantitative estimate of drug-likeness (QED) is 0.116. The van der Waals surface area contributed by atoms with Gasteiger partial charge in [0.25, 0.3) is 0 Å². The second kappa shape index (κ2) is 14.5. The Morgan fingerprint density at radius 1 is 0.559 bits per heavy atom. The highest BCUT2D eigenvalue weighted by atomic mass is 32.2. The van der Waals surface area contributed by atoms with Crippen LogP contribution in [0.4, 0.5) is 0 Å². The molecular weight excluding hydrogens is 501 g/mol. The van der Waals surface area contributed by atoms with Crippen molar-refractivity contribution in [3.8, 4) is 22.5 Å². The molecule has 0 aliphatic heterocycles. The van der Waals surface area contributed by atoms with Crippen molar-refractivity contribution in [2.24, 2.45) is 0 Å². The lowest BCUT2D eigenvalue weighted by Crippen LogP contribution is -1.87. The van der Waals surface area contributed by atoms with Crippen molar-refractivity contribution in [2.45, 2.75) is 61.4 Å². The Balaban J connectivity index is 1.01. The van der Waals surface area contributed by atoms with Crippen LogP contribution < -0.4 is 0 Å². The first kappa shape index (κ1) is 25.2. The fourth-order valence-electron chi connectivity index (χ4n) is 3.51. The van der Waals surface area contributed by atoms with Gasteiger partial charge in [0.2, 0.25) is 0 Å². The number of unbranched alkanes of at least 4 members (excludes halogenated alkanes) is 7. The highest BCUT2D eigenvalue weighted by molar-refractivity contribution is 7.99. The summed E-state index contributed by atoms with van der Waals surface area (Å²) in [5.41, 5.74) is 4.05. The van der Waals surface area contributed by atoms with E-state index in [1.165, 1.54) is 74.8 Å². The van der Waals surface area contributed by atoms with E-state index in [-0.39, 0.29) is 0 Å². The first-order valence-corrected chi connectivity index (χ1v) is 15.1. The number of rotatable bonds is 15. The zero-order chi connectivity index (χ0) is 23.3. The summed E-state index contributed by atoms with van der Waals surface area (Å²) in [6.07, 6.45) is 17.6. The molecule has 178 valence electrons. The predicted octanol–water partition coefficient (Wildman–Crippen LogP) is 7.52. The fraction of sp³-hybridized carbons (Fsp3) is 0.417. The molecule has 4 rings (SSSR count). The van der Waals surface area contributed by atoms with E-state index >= 15 is 0 Å². The van der Waals surface area contributed by atoms with Crippen molar-refractivity contribution >= 4 is 47.0 Å². The molecule has 0 radical (unpaired) electrons. The van der Waals surface area contributed by atoms with Gasteiger partial charge in [-0.1, -0.05) is 38.5 Å². The maximum atomic E-state index is 4.47. The summed E-state index contributed by atoms with van der Waals surface area (Å²) in [5.74, 6) is 2.20. The number of thioether (sulfide) groups is 2. The Bertz CT molecular complexity index is 999. The van der Waals surface area contributed by atoms with Crippen LogP contribution in [0.3, 0.4) is 0 Å². The molecule has 0 spiro atoms. The van der Waals surface area contributed by atoms with E-state index in [9.17, 15) is 0 Å². The molecule has 0 aliphatic carbocycles. The Morgan fingerprint density at radius 2 is 1.00 bits per heavy atom. The van der Waals surface area contributed by atoms with Crippen molar-refractivity contribution in [3.05, 3.63) is 49.1 Å². The van der Waals surface area contributed by atoms with E-state index < -0.39 is 0 Å². The average molecular weight is 529 g/mol. The SMILES string of the molecule is c1cncc(-c2nsnc2SCCCCCCCCCCSc2nsnc2-c2cccnc2)c1. The maximum Gasteiger partial charge on any atom is 0.138 e. The van der Waals surface area contributed by atoms with Gasteiger partial charge in [-0.3, -0.25) is 9.97 Å². The molecule has 0 fully saturated rings. The van der Waals surface area contributed by atoms with Gasteiger partial charge in [-0.15, -0.1) is 23.5 Å². The molecule has 0 amide bonds.